The lowest BCUT2D eigenvalue weighted by Crippen LogP contribution is -2.49. The van der Waals surface area contributed by atoms with Gasteiger partial charge in [0.2, 0.25) is 11.8 Å². The molecular formula is C19H20BrF3N4O3. The number of halogens is 4. The molecule has 0 unspecified atom stereocenters. The predicted octanol–water partition coefficient (Wildman–Crippen LogP) is 2.84. The van der Waals surface area contributed by atoms with Gasteiger partial charge in [0.1, 0.15) is 18.4 Å². The van der Waals surface area contributed by atoms with Crippen LogP contribution >= 0.6 is 15.9 Å². The number of nitrogens with zero attached hydrogens (tertiary/aromatic N) is 3. The Morgan fingerprint density at radius 1 is 1.30 bits per heavy atom. The summed E-state index contributed by atoms with van der Waals surface area (Å²) in [6, 6.07) is 8.09. The normalized spacial score (nSPS) is 19.5. The molecule has 11 heteroatoms. The van der Waals surface area contributed by atoms with Gasteiger partial charge in [-0.25, -0.2) is 0 Å². The van der Waals surface area contributed by atoms with Crippen LogP contribution in [0.15, 0.2) is 41.0 Å². The second-order valence-electron chi connectivity index (χ2n) is 7.07. The van der Waals surface area contributed by atoms with Gasteiger partial charge in [-0.05, 0) is 24.3 Å². The Kier molecular flexibility index (Phi) is 6.69. The Morgan fingerprint density at radius 3 is 2.70 bits per heavy atom. The van der Waals surface area contributed by atoms with Gasteiger partial charge in [-0.3, -0.25) is 14.3 Å². The highest BCUT2D eigenvalue weighted by atomic mass is 79.9. The van der Waals surface area contributed by atoms with Gasteiger partial charge in [0.05, 0.1) is 0 Å². The van der Waals surface area contributed by atoms with E-state index in [-0.39, 0.29) is 37.4 Å². The molecule has 0 bridgehead atoms. The van der Waals surface area contributed by atoms with E-state index in [1.165, 1.54) is 4.90 Å². The van der Waals surface area contributed by atoms with Gasteiger partial charge in [0, 0.05) is 42.5 Å². The third-order valence-corrected chi connectivity index (χ3v) is 5.29. The molecule has 7 nitrogen and oxygen atoms in total. The monoisotopic (exact) mass is 488 g/mol. The molecule has 2 N–H and O–H groups in total. The maximum atomic E-state index is 12.7. The van der Waals surface area contributed by atoms with Crippen LogP contribution in [0.5, 0.6) is 5.75 Å². The van der Waals surface area contributed by atoms with Crippen LogP contribution in [0.2, 0.25) is 0 Å². The zero-order chi connectivity index (χ0) is 21.9. The molecule has 0 aliphatic carbocycles. The van der Waals surface area contributed by atoms with E-state index in [0.717, 1.165) is 21.4 Å². The molecule has 1 saturated heterocycles. The number of primary amides is 1. The van der Waals surface area contributed by atoms with E-state index < -0.39 is 17.8 Å². The fourth-order valence-electron chi connectivity index (χ4n) is 3.40. The van der Waals surface area contributed by atoms with E-state index in [4.69, 9.17) is 10.5 Å². The van der Waals surface area contributed by atoms with Crippen LogP contribution in [0, 0.1) is 5.92 Å². The van der Waals surface area contributed by atoms with Crippen LogP contribution in [0.25, 0.3) is 0 Å². The minimum absolute atomic E-state index is 0.0302. The highest BCUT2D eigenvalue weighted by Crippen LogP contribution is 2.28. The van der Waals surface area contributed by atoms with Crippen molar-refractivity contribution in [1.82, 2.24) is 14.7 Å². The zero-order valence-corrected chi connectivity index (χ0v) is 17.4. The number of amides is 2. The van der Waals surface area contributed by atoms with E-state index in [1.807, 2.05) is 12.1 Å². The van der Waals surface area contributed by atoms with Crippen LogP contribution < -0.4 is 10.5 Å². The Labute approximate surface area is 179 Å². The Morgan fingerprint density at radius 2 is 2.07 bits per heavy atom. The molecule has 1 aliphatic rings. The van der Waals surface area contributed by atoms with Gasteiger partial charge in [-0.15, -0.1) is 0 Å². The molecule has 1 aromatic heterocycles. The van der Waals surface area contributed by atoms with Gasteiger partial charge in [-0.2, -0.15) is 18.3 Å². The van der Waals surface area contributed by atoms with Gasteiger partial charge < -0.3 is 15.4 Å². The van der Waals surface area contributed by atoms with E-state index >= 15 is 0 Å². The zero-order valence-electron chi connectivity index (χ0n) is 15.8. The van der Waals surface area contributed by atoms with Gasteiger partial charge >= 0.3 is 6.18 Å². The summed E-state index contributed by atoms with van der Waals surface area (Å²) in [7, 11) is 0. The Hall–Kier alpha value is -2.56. The number of ether oxygens (including phenoxy) is 1. The number of likely N-dealkylation sites (tertiary alicyclic amines) is 1. The molecule has 1 aromatic carbocycles. The number of piperidine rings is 1. The predicted molar refractivity (Wildman–Crippen MR) is 104 cm³/mol. The molecule has 0 radical (unpaired) electrons. The second-order valence-corrected chi connectivity index (χ2v) is 7.98. The molecule has 3 rings (SSSR count). The van der Waals surface area contributed by atoms with Crippen molar-refractivity contribution < 1.29 is 27.5 Å². The third-order valence-electron chi connectivity index (χ3n) is 4.79. The first-order valence-electron chi connectivity index (χ1n) is 9.21. The number of carbonyl (C=O) groups is 2. The molecule has 1 aliphatic heterocycles. The van der Waals surface area contributed by atoms with E-state index in [9.17, 15) is 22.8 Å². The second kappa shape index (κ2) is 9.07. The molecule has 30 heavy (non-hydrogen) atoms. The van der Waals surface area contributed by atoms with Crippen molar-refractivity contribution in [2.24, 2.45) is 11.7 Å². The van der Waals surface area contributed by atoms with Crippen LogP contribution in [-0.4, -0.2) is 45.7 Å². The number of rotatable bonds is 6. The summed E-state index contributed by atoms with van der Waals surface area (Å²) in [5.74, 6) is -0.608. The first kappa shape index (κ1) is 22.1. The first-order valence-corrected chi connectivity index (χ1v) is 10.00. The quantitative estimate of drug-likeness (QED) is 0.676. The highest BCUT2D eigenvalue weighted by molar-refractivity contribution is 9.10. The molecule has 0 spiro atoms. The Bertz CT molecular complexity index is 918. The number of nitrogens with two attached hydrogens (primary N) is 1. The number of alkyl halides is 3. The summed E-state index contributed by atoms with van der Waals surface area (Å²) in [5.41, 5.74) is 4.31. The summed E-state index contributed by atoms with van der Waals surface area (Å²) in [6.45, 7) is 0.241. The van der Waals surface area contributed by atoms with Crippen molar-refractivity contribution >= 4 is 27.7 Å². The summed E-state index contributed by atoms with van der Waals surface area (Å²) in [4.78, 5) is 25.6. The van der Waals surface area contributed by atoms with Crippen LogP contribution in [-0.2, 0) is 22.3 Å². The van der Waals surface area contributed by atoms with Crippen molar-refractivity contribution in [1.29, 1.82) is 0 Å². The lowest BCUT2D eigenvalue weighted by Gasteiger charge is -2.38. The molecule has 2 heterocycles. The van der Waals surface area contributed by atoms with Crippen molar-refractivity contribution in [2.75, 3.05) is 13.1 Å². The fourth-order valence-corrected chi connectivity index (χ4v) is 3.78. The van der Waals surface area contributed by atoms with Crippen molar-refractivity contribution in [3.05, 3.63) is 46.7 Å². The van der Waals surface area contributed by atoms with E-state index in [0.29, 0.717) is 18.7 Å². The first-order chi connectivity index (χ1) is 14.1. The lowest BCUT2D eigenvalue weighted by atomic mass is 9.91. The number of aromatic nitrogens is 2. The van der Waals surface area contributed by atoms with Gasteiger partial charge in [-0.1, -0.05) is 22.0 Å². The largest absolute Gasteiger partial charge is 0.490 e. The van der Waals surface area contributed by atoms with Crippen molar-refractivity contribution in [2.45, 2.75) is 31.7 Å². The van der Waals surface area contributed by atoms with Crippen molar-refractivity contribution in [3.63, 3.8) is 0 Å². The van der Waals surface area contributed by atoms with Gasteiger partial charge in [0.25, 0.3) is 0 Å². The maximum absolute atomic E-state index is 12.7. The molecule has 1 fully saturated rings. The van der Waals surface area contributed by atoms with Crippen LogP contribution in [0.4, 0.5) is 13.2 Å². The highest BCUT2D eigenvalue weighted by Gasteiger charge is 2.35. The van der Waals surface area contributed by atoms with E-state index in [1.54, 1.807) is 12.1 Å². The number of hydrogen-bond acceptors (Lipinski definition) is 4. The topological polar surface area (TPSA) is 90.5 Å². The minimum Gasteiger partial charge on any atom is -0.490 e. The fraction of sp³-hybridized carbons (Fsp3) is 0.421. The molecule has 0 saturated carbocycles. The maximum Gasteiger partial charge on any atom is 0.435 e. The molecular weight excluding hydrogens is 469 g/mol. The summed E-state index contributed by atoms with van der Waals surface area (Å²) in [5, 5.41) is 3.40. The molecule has 2 atom stereocenters. The van der Waals surface area contributed by atoms with Gasteiger partial charge in [0.15, 0.2) is 5.69 Å². The minimum atomic E-state index is -4.57. The summed E-state index contributed by atoms with van der Waals surface area (Å²) >= 11 is 3.37. The van der Waals surface area contributed by atoms with Crippen LogP contribution in [0.3, 0.4) is 0 Å². The average Bonchev–Trinajstić information content (AvgIpc) is 3.11. The molecule has 2 amide bonds. The van der Waals surface area contributed by atoms with E-state index in [2.05, 4.69) is 21.0 Å². The standard InChI is InChI=1S/C19H20BrF3N4O3/c20-13-2-1-3-14(9-13)30-15-4-6-26(10-12(15)8-17(24)28)18(29)11-27-7-5-16(25-27)19(21,22)23/h1-3,5,7,9,12,15H,4,6,8,10-11H2,(H2,24,28)/t12-,15-/m0/s1. The van der Waals surface area contributed by atoms with Crippen LogP contribution in [0.1, 0.15) is 18.5 Å². The summed E-state index contributed by atoms with van der Waals surface area (Å²) < 4.78 is 45.9. The third kappa shape index (κ3) is 5.74. The Balaban J connectivity index is 1.65. The van der Waals surface area contributed by atoms with Crippen molar-refractivity contribution in [3.8, 4) is 5.75 Å². The average molecular weight is 489 g/mol. The smallest absolute Gasteiger partial charge is 0.435 e. The number of hydrogen-bond donors (Lipinski definition) is 1. The lowest BCUT2D eigenvalue weighted by molar-refractivity contribution is -0.142. The summed E-state index contributed by atoms with van der Waals surface area (Å²) in [6.07, 6.45) is -3.28. The number of benzene rings is 1. The molecule has 162 valence electrons. The molecule has 2 aromatic rings. The SMILES string of the molecule is NC(=O)C[C@H]1CN(C(=O)Cn2ccc(C(F)(F)F)n2)CC[C@@H]1Oc1cccc(Br)c1. The number of carbonyl (C=O) groups excluding carboxylic acids is 2.